The van der Waals surface area contributed by atoms with Crippen molar-refractivity contribution >= 4 is 33.5 Å². The number of aromatic nitrogens is 2. The highest BCUT2D eigenvalue weighted by Gasteiger charge is 2.19. The van der Waals surface area contributed by atoms with Crippen LogP contribution in [-0.4, -0.2) is 15.7 Å². The number of hydrogen-bond acceptors (Lipinski definition) is 3. The number of carbonyl (C=O) groups excluding carboxylic acids is 1. The Bertz CT molecular complexity index is 625. The summed E-state index contributed by atoms with van der Waals surface area (Å²) in [6.07, 6.45) is 0. The van der Waals surface area contributed by atoms with Gasteiger partial charge in [0, 0.05) is 12.4 Å². The molecule has 0 saturated heterocycles. The first-order valence-electron chi connectivity index (χ1n) is 5.59. The molecule has 0 unspecified atom stereocenters. The molecule has 2 aromatic rings. The number of alkyl halides is 1. The van der Waals surface area contributed by atoms with Crippen LogP contribution in [0.5, 0.6) is 5.88 Å². The predicted octanol–water partition coefficient (Wildman–Crippen LogP) is 3.50. The van der Waals surface area contributed by atoms with Crippen LogP contribution in [0.15, 0.2) is 24.3 Å². The fourth-order valence-electron chi connectivity index (χ4n) is 1.68. The SMILES string of the molecule is Cc1ccccc1C(=O)Oc1c(Cl)c(CBr)nn1C. The van der Waals surface area contributed by atoms with Crippen LogP contribution in [-0.2, 0) is 12.4 Å². The number of benzene rings is 1. The van der Waals surface area contributed by atoms with E-state index < -0.39 is 5.97 Å². The summed E-state index contributed by atoms with van der Waals surface area (Å²) < 4.78 is 6.79. The van der Waals surface area contributed by atoms with E-state index in [-0.39, 0.29) is 5.88 Å². The molecule has 0 amide bonds. The van der Waals surface area contributed by atoms with Crippen molar-refractivity contribution in [3.63, 3.8) is 0 Å². The van der Waals surface area contributed by atoms with Crippen LogP contribution in [0.4, 0.5) is 0 Å². The van der Waals surface area contributed by atoms with Gasteiger partial charge in [0.15, 0.2) is 0 Å². The van der Waals surface area contributed by atoms with E-state index in [0.29, 0.717) is 21.6 Å². The van der Waals surface area contributed by atoms with E-state index >= 15 is 0 Å². The Hall–Kier alpha value is -1.33. The van der Waals surface area contributed by atoms with Gasteiger partial charge in [0.1, 0.15) is 5.02 Å². The number of halogens is 2. The fraction of sp³-hybridized carbons (Fsp3) is 0.231. The second-order valence-corrected chi connectivity index (χ2v) is 4.97. The summed E-state index contributed by atoms with van der Waals surface area (Å²) >= 11 is 9.39. The highest BCUT2D eigenvalue weighted by atomic mass is 79.9. The number of carbonyl (C=O) groups is 1. The van der Waals surface area contributed by atoms with Gasteiger partial charge in [-0.1, -0.05) is 45.7 Å². The van der Waals surface area contributed by atoms with E-state index in [9.17, 15) is 4.79 Å². The van der Waals surface area contributed by atoms with Crippen LogP contribution >= 0.6 is 27.5 Å². The van der Waals surface area contributed by atoms with E-state index in [2.05, 4.69) is 21.0 Å². The molecule has 0 aliphatic rings. The second-order valence-electron chi connectivity index (χ2n) is 4.03. The van der Waals surface area contributed by atoms with Gasteiger partial charge in [0.2, 0.25) is 5.88 Å². The lowest BCUT2D eigenvalue weighted by Crippen LogP contribution is -2.12. The standard InChI is InChI=1S/C13H12BrClN2O2/c1-8-5-3-4-6-9(8)13(18)19-12-11(15)10(7-14)16-17(12)2/h3-6H,7H2,1-2H3. The molecule has 0 aliphatic carbocycles. The maximum atomic E-state index is 12.1. The molecule has 0 aliphatic heterocycles. The Balaban J connectivity index is 2.30. The van der Waals surface area contributed by atoms with Crippen LogP contribution < -0.4 is 4.74 Å². The molecule has 6 heteroatoms. The van der Waals surface area contributed by atoms with E-state index in [0.717, 1.165) is 5.56 Å². The van der Waals surface area contributed by atoms with Crippen molar-refractivity contribution in [2.45, 2.75) is 12.3 Å². The third-order valence-electron chi connectivity index (χ3n) is 2.69. The van der Waals surface area contributed by atoms with Crippen molar-refractivity contribution in [2.24, 2.45) is 7.05 Å². The molecule has 19 heavy (non-hydrogen) atoms. The van der Waals surface area contributed by atoms with E-state index in [4.69, 9.17) is 16.3 Å². The first-order valence-corrected chi connectivity index (χ1v) is 7.09. The number of nitrogens with zero attached hydrogens (tertiary/aromatic N) is 2. The Kier molecular flexibility index (Phi) is 4.27. The minimum Gasteiger partial charge on any atom is -0.402 e. The lowest BCUT2D eigenvalue weighted by molar-refractivity contribution is 0.0719. The topological polar surface area (TPSA) is 44.1 Å². The zero-order valence-corrected chi connectivity index (χ0v) is 12.8. The summed E-state index contributed by atoms with van der Waals surface area (Å²) in [5.74, 6) is -0.187. The van der Waals surface area contributed by atoms with Gasteiger partial charge in [-0.15, -0.1) is 0 Å². The number of ether oxygens (including phenoxy) is 1. The molecular weight excluding hydrogens is 332 g/mol. The highest BCUT2D eigenvalue weighted by molar-refractivity contribution is 9.08. The molecule has 1 heterocycles. The molecule has 1 aromatic carbocycles. The average molecular weight is 344 g/mol. The van der Waals surface area contributed by atoms with Gasteiger partial charge in [-0.25, -0.2) is 9.48 Å². The molecule has 0 spiro atoms. The van der Waals surface area contributed by atoms with Crippen molar-refractivity contribution in [1.29, 1.82) is 0 Å². The molecule has 0 radical (unpaired) electrons. The van der Waals surface area contributed by atoms with Crippen LogP contribution in [0.2, 0.25) is 5.02 Å². The van der Waals surface area contributed by atoms with Gasteiger partial charge in [0.25, 0.3) is 0 Å². The summed E-state index contributed by atoms with van der Waals surface area (Å²) in [6, 6.07) is 7.23. The van der Waals surface area contributed by atoms with Crippen molar-refractivity contribution in [2.75, 3.05) is 0 Å². The van der Waals surface area contributed by atoms with E-state index in [1.54, 1.807) is 19.2 Å². The molecule has 0 bridgehead atoms. The second kappa shape index (κ2) is 5.75. The Labute approximate surface area is 124 Å². The minimum absolute atomic E-state index is 0.254. The molecule has 4 nitrogen and oxygen atoms in total. The smallest absolute Gasteiger partial charge is 0.345 e. The molecule has 0 saturated carbocycles. The van der Waals surface area contributed by atoms with Gasteiger partial charge in [0.05, 0.1) is 11.3 Å². The largest absolute Gasteiger partial charge is 0.402 e. The maximum Gasteiger partial charge on any atom is 0.345 e. The van der Waals surface area contributed by atoms with E-state index in [1.165, 1.54) is 4.68 Å². The van der Waals surface area contributed by atoms with Crippen molar-refractivity contribution < 1.29 is 9.53 Å². The molecule has 0 N–H and O–H groups in total. The number of rotatable bonds is 3. The predicted molar refractivity (Wildman–Crippen MR) is 77.0 cm³/mol. The van der Waals surface area contributed by atoms with Gasteiger partial charge in [-0.2, -0.15) is 5.10 Å². The number of esters is 1. The summed E-state index contributed by atoms with van der Waals surface area (Å²) in [5.41, 5.74) is 2.00. The molecule has 100 valence electrons. The molecule has 0 fully saturated rings. The first kappa shape index (κ1) is 14.1. The first-order chi connectivity index (χ1) is 9.04. The van der Waals surface area contributed by atoms with Gasteiger partial charge in [-0.05, 0) is 18.6 Å². The van der Waals surface area contributed by atoms with Crippen LogP contribution in [0.3, 0.4) is 0 Å². The van der Waals surface area contributed by atoms with Gasteiger partial charge < -0.3 is 4.74 Å². The summed E-state index contributed by atoms with van der Waals surface area (Å²) in [5, 5.41) is 5.01. The third-order valence-corrected chi connectivity index (χ3v) is 3.60. The number of hydrogen-bond donors (Lipinski definition) is 0. The Morgan fingerprint density at radius 1 is 1.47 bits per heavy atom. The third kappa shape index (κ3) is 2.82. The zero-order chi connectivity index (χ0) is 14.0. The lowest BCUT2D eigenvalue weighted by Gasteiger charge is -2.06. The molecule has 2 rings (SSSR count). The van der Waals surface area contributed by atoms with Gasteiger partial charge >= 0.3 is 5.97 Å². The normalized spacial score (nSPS) is 10.5. The highest BCUT2D eigenvalue weighted by Crippen LogP contribution is 2.29. The monoisotopic (exact) mass is 342 g/mol. The van der Waals surface area contributed by atoms with Crippen molar-refractivity contribution in [3.8, 4) is 5.88 Å². The Morgan fingerprint density at radius 3 is 2.74 bits per heavy atom. The summed E-state index contributed by atoms with van der Waals surface area (Å²) in [4.78, 5) is 12.1. The summed E-state index contributed by atoms with van der Waals surface area (Å²) in [6.45, 7) is 1.85. The van der Waals surface area contributed by atoms with Crippen LogP contribution in [0, 0.1) is 6.92 Å². The summed E-state index contributed by atoms with van der Waals surface area (Å²) in [7, 11) is 1.68. The minimum atomic E-state index is -0.441. The zero-order valence-electron chi connectivity index (χ0n) is 10.5. The van der Waals surface area contributed by atoms with E-state index in [1.807, 2.05) is 19.1 Å². The quantitative estimate of drug-likeness (QED) is 0.633. The Morgan fingerprint density at radius 2 is 2.16 bits per heavy atom. The molecular formula is C13H12BrClN2O2. The molecule has 1 aromatic heterocycles. The van der Waals surface area contributed by atoms with Gasteiger partial charge in [-0.3, -0.25) is 0 Å². The average Bonchev–Trinajstić information content (AvgIpc) is 2.66. The molecule has 0 atom stereocenters. The maximum absolute atomic E-state index is 12.1. The number of aryl methyl sites for hydroxylation is 2. The van der Waals surface area contributed by atoms with Crippen LogP contribution in [0.25, 0.3) is 0 Å². The lowest BCUT2D eigenvalue weighted by atomic mass is 10.1. The van der Waals surface area contributed by atoms with Crippen molar-refractivity contribution in [1.82, 2.24) is 9.78 Å². The van der Waals surface area contributed by atoms with Crippen molar-refractivity contribution in [3.05, 3.63) is 46.1 Å². The fourth-order valence-corrected chi connectivity index (χ4v) is 2.50. The van der Waals surface area contributed by atoms with Crippen LogP contribution in [0.1, 0.15) is 21.6 Å².